The smallest absolute Gasteiger partial charge is 0.253 e. The van der Waals surface area contributed by atoms with Crippen LogP contribution in [0.4, 0.5) is 5.69 Å². The zero-order chi connectivity index (χ0) is 12.4. The molecule has 0 aliphatic heterocycles. The number of thiazole rings is 1. The second kappa shape index (κ2) is 5.00. The van der Waals surface area contributed by atoms with Crippen molar-refractivity contribution in [1.82, 2.24) is 4.98 Å². The molecule has 17 heavy (non-hydrogen) atoms. The molecule has 90 valence electrons. The number of benzene rings is 1. The second-order valence-electron chi connectivity index (χ2n) is 3.49. The molecule has 0 saturated heterocycles. The van der Waals surface area contributed by atoms with E-state index < -0.39 is 6.10 Å². The summed E-state index contributed by atoms with van der Waals surface area (Å²) in [5.74, 6) is -0.241. The number of nitrogens with one attached hydrogen (secondary N) is 1. The Labute approximate surface area is 108 Å². The Morgan fingerprint density at radius 1 is 1.59 bits per heavy atom. The van der Waals surface area contributed by atoms with Crippen LogP contribution >= 0.6 is 22.9 Å². The highest BCUT2D eigenvalue weighted by Crippen LogP contribution is 2.32. The molecule has 1 N–H and O–H groups in total. The molecule has 1 atom stereocenters. The summed E-state index contributed by atoms with van der Waals surface area (Å²) in [5, 5.41) is 3.21. The fraction of sp³-hybridized carbons (Fsp3) is 0.273. The zero-order valence-corrected chi connectivity index (χ0v) is 10.9. The lowest BCUT2D eigenvalue weighted by Crippen LogP contribution is -2.26. The van der Waals surface area contributed by atoms with E-state index >= 15 is 0 Å². The molecule has 1 amide bonds. The molecular formula is C11H11ClN2O2S. The van der Waals surface area contributed by atoms with Crippen LogP contribution in [0.3, 0.4) is 0 Å². The third-order valence-electron chi connectivity index (χ3n) is 2.42. The minimum Gasteiger partial charge on any atom is -0.372 e. The number of amides is 1. The third kappa shape index (κ3) is 2.41. The quantitative estimate of drug-likeness (QED) is 0.933. The summed E-state index contributed by atoms with van der Waals surface area (Å²) in [6.07, 6.45) is -0.528. The summed E-state index contributed by atoms with van der Waals surface area (Å²) in [4.78, 5) is 15.9. The van der Waals surface area contributed by atoms with Gasteiger partial charge in [0.25, 0.3) is 5.91 Å². The largest absolute Gasteiger partial charge is 0.372 e. The molecule has 0 aliphatic carbocycles. The highest BCUT2D eigenvalue weighted by Gasteiger charge is 2.16. The number of aromatic nitrogens is 1. The van der Waals surface area contributed by atoms with Crippen molar-refractivity contribution in [2.75, 3.05) is 12.4 Å². The molecule has 2 rings (SSSR count). The van der Waals surface area contributed by atoms with Crippen LogP contribution in [0, 0.1) is 0 Å². The normalized spacial score (nSPS) is 12.6. The molecule has 1 heterocycles. The Balaban J connectivity index is 2.37. The van der Waals surface area contributed by atoms with Gasteiger partial charge in [0.15, 0.2) is 0 Å². The Hall–Kier alpha value is -1.17. The van der Waals surface area contributed by atoms with Crippen LogP contribution in [0.15, 0.2) is 17.6 Å². The topological polar surface area (TPSA) is 51.2 Å². The van der Waals surface area contributed by atoms with Crippen molar-refractivity contribution in [3.63, 3.8) is 0 Å². The van der Waals surface area contributed by atoms with Crippen molar-refractivity contribution < 1.29 is 9.53 Å². The number of anilines is 1. The molecule has 0 bridgehead atoms. The number of hydrogen-bond donors (Lipinski definition) is 1. The van der Waals surface area contributed by atoms with E-state index in [1.807, 2.05) is 6.07 Å². The van der Waals surface area contributed by atoms with Crippen LogP contribution in [-0.2, 0) is 9.53 Å². The summed E-state index contributed by atoms with van der Waals surface area (Å²) in [5.41, 5.74) is 2.97. The average Bonchev–Trinajstić information content (AvgIpc) is 2.80. The van der Waals surface area contributed by atoms with Gasteiger partial charge in [-0.05, 0) is 19.1 Å². The van der Waals surface area contributed by atoms with E-state index in [0.717, 1.165) is 4.70 Å². The molecule has 0 radical (unpaired) electrons. The molecular weight excluding hydrogens is 260 g/mol. The number of carbonyl (C=O) groups excluding carboxylic acids is 1. The first-order valence-electron chi connectivity index (χ1n) is 4.99. The third-order valence-corrected chi connectivity index (χ3v) is 3.53. The van der Waals surface area contributed by atoms with Gasteiger partial charge in [-0.3, -0.25) is 4.79 Å². The van der Waals surface area contributed by atoms with Gasteiger partial charge in [-0.2, -0.15) is 0 Å². The number of nitrogens with zero attached hydrogens (tertiary/aromatic N) is 1. The Kier molecular flexibility index (Phi) is 3.61. The Morgan fingerprint density at radius 2 is 2.35 bits per heavy atom. The molecule has 0 spiro atoms. The van der Waals surface area contributed by atoms with Crippen molar-refractivity contribution in [3.8, 4) is 0 Å². The van der Waals surface area contributed by atoms with Gasteiger partial charge in [0.05, 0.1) is 20.9 Å². The average molecular weight is 271 g/mol. The number of carbonyl (C=O) groups is 1. The van der Waals surface area contributed by atoms with Gasteiger partial charge in [0.1, 0.15) is 11.6 Å². The number of rotatable bonds is 3. The molecule has 6 heteroatoms. The lowest BCUT2D eigenvalue weighted by Gasteiger charge is -2.11. The molecule has 0 fully saturated rings. The number of fused-ring (bicyclic) bond motifs is 1. The predicted molar refractivity (Wildman–Crippen MR) is 69.7 cm³/mol. The maximum atomic E-state index is 11.7. The maximum Gasteiger partial charge on any atom is 0.253 e. The van der Waals surface area contributed by atoms with Crippen LogP contribution in [0.1, 0.15) is 6.92 Å². The highest BCUT2D eigenvalue weighted by molar-refractivity contribution is 7.16. The van der Waals surface area contributed by atoms with Crippen molar-refractivity contribution in [1.29, 1.82) is 0 Å². The van der Waals surface area contributed by atoms with Gasteiger partial charge in [-0.15, -0.1) is 11.3 Å². The van der Waals surface area contributed by atoms with E-state index in [1.54, 1.807) is 18.5 Å². The van der Waals surface area contributed by atoms with E-state index in [4.69, 9.17) is 16.3 Å². The van der Waals surface area contributed by atoms with Gasteiger partial charge >= 0.3 is 0 Å². The standard InChI is InChI=1S/C11H11ClN2O2S/c1-6(16-2)11(15)14-9-7(12)3-4-8-10(9)13-5-17-8/h3-6H,1-2H3,(H,14,15). The molecule has 0 saturated carbocycles. The van der Waals surface area contributed by atoms with Crippen LogP contribution in [0.2, 0.25) is 5.02 Å². The van der Waals surface area contributed by atoms with E-state index in [9.17, 15) is 4.79 Å². The number of ether oxygens (including phenoxy) is 1. The molecule has 1 unspecified atom stereocenters. The van der Waals surface area contributed by atoms with E-state index in [1.165, 1.54) is 18.4 Å². The minimum absolute atomic E-state index is 0.241. The fourth-order valence-corrected chi connectivity index (χ4v) is 2.24. The zero-order valence-electron chi connectivity index (χ0n) is 9.36. The number of halogens is 1. The molecule has 1 aromatic carbocycles. The van der Waals surface area contributed by atoms with E-state index in [2.05, 4.69) is 10.3 Å². The predicted octanol–water partition coefficient (Wildman–Crippen LogP) is 2.92. The van der Waals surface area contributed by atoms with Crippen molar-refractivity contribution in [3.05, 3.63) is 22.7 Å². The second-order valence-corrected chi connectivity index (χ2v) is 4.78. The summed E-state index contributed by atoms with van der Waals surface area (Å²) >= 11 is 7.56. The SMILES string of the molecule is COC(C)C(=O)Nc1c(Cl)ccc2scnc12. The highest BCUT2D eigenvalue weighted by atomic mass is 35.5. The number of hydrogen-bond acceptors (Lipinski definition) is 4. The molecule has 0 aliphatic rings. The Bertz CT molecular complexity index is 555. The van der Waals surface area contributed by atoms with Crippen LogP contribution < -0.4 is 5.32 Å². The molecule has 2 aromatic rings. The van der Waals surface area contributed by atoms with Crippen LogP contribution in [-0.4, -0.2) is 24.1 Å². The van der Waals surface area contributed by atoms with E-state index in [0.29, 0.717) is 16.2 Å². The van der Waals surface area contributed by atoms with Crippen LogP contribution in [0.25, 0.3) is 10.2 Å². The Morgan fingerprint density at radius 3 is 3.06 bits per heavy atom. The summed E-state index contributed by atoms with van der Waals surface area (Å²) in [6.45, 7) is 1.67. The maximum absolute atomic E-state index is 11.7. The minimum atomic E-state index is -0.528. The summed E-state index contributed by atoms with van der Waals surface area (Å²) in [6, 6.07) is 3.62. The van der Waals surface area contributed by atoms with Crippen molar-refractivity contribution in [2.24, 2.45) is 0 Å². The monoisotopic (exact) mass is 270 g/mol. The van der Waals surface area contributed by atoms with Crippen LogP contribution in [0.5, 0.6) is 0 Å². The molecule has 1 aromatic heterocycles. The lowest BCUT2D eigenvalue weighted by atomic mass is 10.2. The first-order valence-corrected chi connectivity index (χ1v) is 6.24. The van der Waals surface area contributed by atoms with E-state index in [-0.39, 0.29) is 5.91 Å². The van der Waals surface area contributed by atoms with Gasteiger partial charge < -0.3 is 10.1 Å². The molecule has 4 nitrogen and oxygen atoms in total. The first-order chi connectivity index (χ1) is 8.13. The van der Waals surface area contributed by atoms with Gasteiger partial charge in [-0.25, -0.2) is 4.98 Å². The lowest BCUT2D eigenvalue weighted by molar-refractivity contribution is -0.124. The van der Waals surface area contributed by atoms with Gasteiger partial charge in [-0.1, -0.05) is 11.6 Å². The summed E-state index contributed by atoms with van der Waals surface area (Å²) < 4.78 is 5.93. The van der Waals surface area contributed by atoms with Crippen molar-refractivity contribution in [2.45, 2.75) is 13.0 Å². The summed E-state index contributed by atoms with van der Waals surface area (Å²) in [7, 11) is 1.48. The van der Waals surface area contributed by atoms with Crippen molar-refractivity contribution >= 4 is 44.7 Å². The van der Waals surface area contributed by atoms with Gasteiger partial charge in [0, 0.05) is 7.11 Å². The first kappa shape index (κ1) is 12.3. The van der Waals surface area contributed by atoms with Gasteiger partial charge in [0.2, 0.25) is 0 Å². The fourth-order valence-electron chi connectivity index (χ4n) is 1.36. The number of methoxy groups -OCH3 is 1.